The normalized spacial score (nSPS) is 12.5. The topological polar surface area (TPSA) is 80.1 Å². The first-order valence-electron chi connectivity index (χ1n) is 12.1. The zero-order valence-corrected chi connectivity index (χ0v) is 23.2. The van der Waals surface area contributed by atoms with Crippen molar-refractivity contribution in [3.05, 3.63) is 98.8 Å². The molecule has 1 aromatic heterocycles. The predicted molar refractivity (Wildman–Crippen MR) is 152 cm³/mol. The first-order chi connectivity index (χ1) is 18.3. The molecular formula is C28H25Cl2N5O2S. The van der Waals surface area contributed by atoms with Crippen LogP contribution in [0.2, 0.25) is 10.0 Å². The highest BCUT2D eigenvalue weighted by molar-refractivity contribution is 7.99. The SMILES string of the molecule is Cc1ccc(C)c(-n2c(CNC(=O)c3ccc(Cl)cc3Cl)nnc2SCC(=O)N2CCc3ccccc32)c1. The molecule has 1 aliphatic heterocycles. The van der Waals surface area contributed by atoms with E-state index < -0.39 is 0 Å². The Morgan fingerprint density at radius 1 is 1.00 bits per heavy atom. The van der Waals surface area contributed by atoms with Gasteiger partial charge in [-0.3, -0.25) is 14.2 Å². The summed E-state index contributed by atoms with van der Waals surface area (Å²) in [5.41, 5.74) is 5.46. The Balaban J connectivity index is 1.38. The zero-order chi connectivity index (χ0) is 26.8. The third-order valence-corrected chi connectivity index (χ3v) is 7.86. The number of hydrogen-bond donors (Lipinski definition) is 1. The van der Waals surface area contributed by atoms with Gasteiger partial charge in [-0.25, -0.2) is 0 Å². The summed E-state index contributed by atoms with van der Waals surface area (Å²) in [5, 5.41) is 12.9. The van der Waals surface area contributed by atoms with Crippen molar-refractivity contribution in [1.82, 2.24) is 20.1 Å². The third-order valence-electron chi connectivity index (χ3n) is 6.40. The molecule has 38 heavy (non-hydrogen) atoms. The van der Waals surface area contributed by atoms with Crippen molar-refractivity contribution < 1.29 is 9.59 Å². The van der Waals surface area contributed by atoms with Crippen LogP contribution in [-0.4, -0.2) is 38.9 Å². The Morgan fingerprint density at radius 3 is 2.63 bits per heavy atom. The number of fused-ring (bicyclic) bond motifs is 1. The van der Waals surface area contributed by atoms with E-state index in [1.807, 2.05) is 59.7 Å². The summed E-state index contributed by atoms with van der Waals surface area (Å²) >= 11 is 13.5. The fourth-order valence-corrected chi connectivity index (χ4v) is 5.77. The Kier molecular flexibility index (Phi) is 7.74. The van der Waals surface area contributed by atoms with Crippen LogP contribution in [0.5, 0.6) is 0 Å². The van der Waals surface area contributed by atoms with E-state index in [9.17, 15) is 9.59 Å². The molecule has 2 amide bonds. The van der Waals surface area contributed by atoms with E-state index in [0.29, 0.717) is 28.1 Å². The molecule has 0 atom stereocenters. The lowest BCUT2D eigenvalue weighted by Crippen LogP contribution is -2.30. The molecule has 0 saturated heterocycles. The van der Waals surface area contributed by atoms with Gasteiger partial charge in [-0.05, 0) is 67.3 Å². The molecule has 0 saturated carbocycles. The number of rotatable bonds is 7. The summed E-state index contributed by atoms with van der Waals surface area (Å²) in [6.07, 6.45) is 0.854. The van der Waals surface area contributed by atoms with Crippen LogP contribution in [0, 0.1) is 13.8 Å². The summed E-state index contributed by atoms with van der Waals surface area (Å²) in [5.74, 6) is 0.421. The van der Waals surface area contributed by atoms with Crippen molar-refractivity contribution in [1.29, 1.82) is 0 Å². The molecule has 0 fully saturated rings. The van der Waals surface area contributed by atoms with Crippen LogP contribution in [0.15, 0.2) is 65.8 Å². The Bertz CT molecular complexity index is 1540. The fraction of sp³-hybridized carbons (Fsp3) is 0.214. The molecule has 1 aliphatic rings. The van der Waals surface area contributed by atoms with Crippen LogP contribution in [0.4, 0.5) is 5.69 Å². The molecule has 0 bridgehead atoms. The van der Waals surface area contributed by atoms with E-state index >= 15 is 0 Å². The molecule has 10 heteroatoms. The Hall–Kier alpha value is -3.33. The quantitative estimate of drug-likeness (QED) is 0.286. The van der Waals surface area contributed by atoms with Crippen molar-refractivity contribution in [2.45, 2.75) is 32.0 Å². The molecule has 4 aromatic rings. The number of nitrogens with one attached hydrogen (secondary N) is 1. The average Bonchev–Trinajstić information content (AvgIpc) is 3.51. The number of carbonyl (C=O) groups excluding carboxylic acids is 2. The highest BCUT2D eigenvalue weighted by Crippen LogP contribution is 2.30. The standard InChI is InChI=1S/C28H25Cl2N5O2S/c1-17-7-8-18(2)24(13-17)35-25(15-31-27(37)21-10-9-20(29)14-22(21)30)32-33-28(35)38-16-26(36)34-12-11-19-5-3-4-6-23(19)34/h3-10,13-14H,11-12,15-16H2,1-2H3,(H,31,37). The summed E-state index contributed by atoms with van der Waals surface area (Å²) in [6, 6.07) is 18.8. The Morgan fingerprint density at radius 2 is 1.82 bits per heavy atom. The molecule has 2 heterocycles. The summed E-state index contributed by atoms with van der Waals surface area (Å²) < 4.78 is 1.90. The smallest absolute Gasteiger partial charge is 0.253 e. The average molecular weight is 567 g/mol. The molecule has 7 nitrogen and oxygen atoms in total. The highest BCUT2D eigenvalue weighted by atomic mass is 35.5. The van der Waals surface area contributed by atoms with Crippen LogP contribution in [0.3, 0.4) is 0 Å². The lowest BCUT2D eigenvalue weighted by Gasteiger charge is -2.17. The Labute approximate surface area is 235 Å². The number of hydrogen-bond acceptors (Lipinski definition) is 5. The van der Waals surface area contributed by atoms with E-state index in [2.05, 4.69) is 21.6 Å². The molecule has 0 spiro atoms. The van der Waals surface area contributed by atoms with Gasteiger partial charge in [0.05, 0.1) is 28.6 Å². The molecule has 5 rings (SSSR count). The van der Waals surface area contributed by atoms with Crippen LogP contribution in [0.25, 0.3) is 5.69 Å². The second kappa shape index (κ2) is 11.2. The minimum atomic E-state index is -0.348. The van der Waals surface area contributed by atoms with Gasteiger partial charge < -0.3 is 10.2 Å². The van der Waals surface area contributed by atoms with E-state index in [4.69, 9.17) is 23.2 Å². The predicted octanol–water partition coefficient (Wildman–Crippen LogP) is 5.80. The fourth-order valence-electron chi connectivity index (χ4n) is 4.44. The maximum Gasteiger partial charge on any atom is 0.253 e. The maximum absolute atomic E-state index is 13.2. The summed E-state index contributed by atoms with van der Waals surface area (Å²) in [7, 11) is 0. The second-order valence-electron chi connectivity index (χ2n) is 9.04. The first-order valence-corrected chi connectivity index (χ1v) is 13.8. The van der Waals surface area contributed by atoms with Gasteiger partial charge in [-0.15, -0.1) is 10.2 Å². The van der Waals surface area contributed by atoms with E-state index in [-0.39, 0.29) is 29.1 Å². The number of halogens is 2. The number of para-hydroxylation sites is 1. The molecule has 194 valence electrons. The largest absolute Gasteiger partial charge is 0.345 e. The van der Waals surface area contributed by atoms with Crippen molar-refractivity contribution in [2.75, 3.05) is 17.2 Å². The molecule has 0 unspecified atom stereocenters. The van der Waals surface area contributed by atoms with Crippen LogP contribution < -0.4 is 10.2 Å². The van der Waals surface area contributed by atoms with E-state index in [1.165, 1.54) is 23.4 Å². The van der Waals surface area contributed by atoms with Gasteiger partial charge in [-0.1, -0.05) is 65.3 Å². The van der Waals surface area contributed by atoms with Gasteiger partial charge in [0.25, 0.3) is 5.91 Å². The van der Waals surface area contributed by atoms with Gasteiger partial charge >= 0.3 is 0 Å². The van der Waals surface area contributed by atoms with Crippen molar-refractivity contribution >= 4 is 52.5 Å². The molecule has 0 radical (unpaired) electrons. The van der Waals surface area contributed by atoms with Crippen LogP contribution >= 0.6 is 35.0 Å². The first kappa shape index (κ1) is 26.3. The number of anilines is 1. The summed E-state index contributed by atoms with van der Waals surface area (Å²) in [4.78, 5) is 27.8. The second-order valence-corrected chi connectivity index (χ2v) is 10.8. The lowest BCUT2D eigenvalue weighted by atomic mass is 10.1. The highest BCUT2D eigenvalue weighted by Gasteiger charge is 2.25. The van der Waals surface area contributed by atoms with E-state index in [1.54, 1.807) is 12.1 Å². The number of benzene rings is 3. The number of nitrogens with zero attached hydrogens (tertiary/aromatic N) is 4. The molecular weight excluding hydrogens is 541 g/mol. The monoisotopic (exact) mass is 565 g/mol. The number of thioether (sulfide) groups is 1. The maximum atomic E-state index is 13.2. The van der Waals surface area contributed by atoms with Crippen molar-refractivity contribution in [2.24, 2.45) is 0 Å². The van der Waals surface area contributed by atoms with Crippen LogP contribution in [0.1, 0.15) is 32.9 Å². The number of aromatic nitrogens is 3. The van der Waals surface area contributed by atoms with Gasteiger partial charge in [-0.2, -0.15) is 0 Å². The molecule has 3 aromatic carbocycles. The number of carbonyl (C=O) groups is 2. The van der Waals surface area contributed by atoms with Crippen molar-refractivity contribution in [3.8, 4) is 5.69 Å². The molecule has 0 aliphatic carbocycles. The lowest BCUT2D eigenvalue weighted by molar-refractivity contribution is -0.116. The van der Waals surface area contributed by atoms with Gasteiger partial charge in [0, 0.05) is 17.3 Å². The van der Waals surface area contributed by atoms with Gasteiger partial charge in [0.15, 0.2) is 11.0 Å². The minimum Gasteiger partial charge on any atom is -0.345 e. The van der Waals surface area contributed by atoms with Gasteiger partial charge in [0.2, 0.25) is 5.91 Å². The van der Waals surface area contributed by atoms with Gasteiger partial charge in [0.1, 0.15) is 0 Å². The van der Waals surface area contributed by atoms with E-state index in [0.717, 1.165) is 28.9 Å². The number of amides is 2. The minimum absolute atomic E-state index is 0.0164. The summed E-state index contributed by atoms with van der Waals surface area (Å²) in [6.45, 7) is 4.81. The number of aryl methyl sites for hydroxylation is 2. The van der Waals surface area contributed by atoms with Crippen LogP contribution in [-0.2, 0) is 17.8 Å². The zero-order valence-electron chi connectivity index (χ0n) is 20.9. The van der Waals surface area contributed by atoms with Crippen molar-refractivity contribution in [3.63, 3.8) is 0 Å². The molecule has 1 N–H and O–H groups in total. The third kappa shape index (κ3) is 5.43.